The van der Waals surface area contributed by atoms with Gasteiger partial charge in [0, 0.05) is 31.7 Å². The first kappa shape index (κ1) is 33.5. The molecule has 1 saturated carbocycles. The molecule has 3 unspecified atom stereocenters. The van der Waals surface area contributed by atoms with E-state index < -0.39 is 18.1 Å². The molecule has 48 heavy (non-hydrogen) atoms. The van der Waals surface area contributed by atoms with Crippen LogP contribution in [0.3, 0.4) is 0 Å². The molecule has 7 heteroatoms. The summed E-state index contributed by atoms with van der Waals surface area (Å²) in [5.41, 5.74) is 4.08. The quantitative estimate of drug-likeness (QED) is 0.252. The fourth-order valence-electron chi connectivity index (χ4n) is 7.72. The molecule has 252 valence electrons. The molecule has 0 aromatic heterocycles. The highest BCUT2D eigenvalue weighted by Gasteiger charge is 2.46. The van der Waals surface area contributed by atoms with Gasteiger partial charge in [-0.1, -0.05) is 98.7 Å². The van der Waals surface area contributed by atoms with Gasteiger partial charge in [0.1, 0.15) is 17.8 Å². The lowest BCUT2D eigenvalue weighted by atomic mass is 9.68. The minimum absolute atomic E-state index is 0.0251. The molecule has 1 saturated heterocycles. The number of carboxylic acid groups (broad SMARTS) is 1. The number of hydrogen-bond acceptors (Lipinski definition) is 4. The summed E-state index contributed by atoms with van der Waals surface area (Å²) in [6.07, 6.45) is 18.0. The first-order valence-electron chi connectivity index (χ1n) is 17.6. The number of nitrogens with zero attached hydrogens (tertiary/aromatic N) is 1. The predicted octanol–water partition coefficient (Wildman–Crippen LogP) is 7.28. The average Bonchev–Trinajstić information content (AvgIpc) is 3.61. The van der Waals surface area contributed by atoms with E-state index in [1.807, 2.05) is 42.5 Å². The number of fused-ring (bicyclic) bond motifs is 1. The predicted molar refractivity (Wildman–Crippen MR) is 187 cm³/mol. The molecule has 6 rings (SSSR count). The molecule has 7 nitrogen and oxygen atoms in total. The molecule has 2 N–H and O–H groups in total. The van der Waals surface area contributed by atoms with E-state index in [1.54, 1.807) is 4.90 Å². The minimum atomic E-state index is -1.09. The van der Waals surface area contributed by atoms with Crippen LogP contribution in [0.4, 0.5) is 0 Å². The molecule has 0 radical (unpaired) electrons. The van der Waals surface area contributed by atoms with Crippen LogP contribution < -0.4 is 5.32 Å². The Bertz CT molecular complexity index is 1590. The third kappa shape index (κ3) is 8.18. The van der Waals surface area contributed by atoms with Gasteiger partial charge in [-0.2, -0.15) is 0 Å². The summed E-state index contributed by atoms with van der Waals surface area (Å²) in [6, 6.07) is 18.6. The van der Waals surface area contributed by atoms with Crippen molar-refractivity contribution in [2.24, 2.45) is 11.3 Å². The molecule has 2 fully saturated rings. The van der Waals surface area contributed by atoms with Gasteiger partial charge in [0.05, 0.1) is 6.61 Å². The van der Waals surface area contributed by atoms with Crippen LogP contribution >= 0.6 is 0 Å². The Morgan fingerprint density at radius 3 is 2.44 bits per heavy atom. The number of allylic oxidation sites excluding steroid dienone is 5. The Morgan fingerprint density at radius 1 is 1.02 bits per heavy atom. The normalized spacial score (nSPS) is 24.5. The van der Waals surface area contributed by atoms with Crippen molar-refractivity contribution >= 4 is 17.8 Å². The van der Waals surface area contributed by atoms with E-state index >= 15 is 0 Å². The van der Waals surface area contributed by atoms with E-state index in [9.17, 15) is 19.5 Å². The van der Waals surface area contributed by atoms with Crippen LogP contribution in [0.2, 0.25) is 0 Å². The monoisotopic (exact) mass is 648 g/mol. The van der Waals surface area contributed by atoms with Crippen LogP contribution in [0, 0.1) is 11.3 Å². The molecule has 1 heterocycles. The number of piperidine rings is 1. The van der Waals surface area contributed by atoms with E-state index in [2.05, 4.69) is 60.8 Å². The molecule has 2 aromatic rings. The number of benzene rings is 2. The lowest BCUT2D eigenvalue weighted by Crippen LogP contribution is -2.59. The van der Waals surface area contributed by atoms with Crippen molar-refractivity contribution in [2.75, 3.05) is 13.2 Å². The molecule has 3 aliphatic carbocycles. The number of amides is 2. The van der Waals surface area contributed by atoms with E-state index in [0.29, 0.717) is 38.3 Å². The molecular formula is C41H48N2O5. The van der Waals surface area contributed by atoms with Crippen molar-refractivity contribution in [3.05, 3.63) is 119 Å². The maximum absolute atomic E-state index is 14.0. The Balaban J connectivity index is 1.14. The zero-order valence-electron chi connectivity index (χ0n) is 28.0. The molecule has 4 atom stereocenters. The molecule has 0 bridgehead atoms. The summed E-state index contributed by atoms with van der Waals surface area (Å²) in [7, 11) is 0. The first-order valence-corrected chi connectivity index (χ1v) is 17.6. The van der Waals surface area contributed by atoms with Crippen LogP contribution in [0.5, 0.6) is 0 Å². The number of carbonyl (C=O) groups excluding carboxylic acids is 2. The van der Waals surface area contributed by atoms with Gasteiger partial charge in [-0.15, -0.1) is 0 Å². The van der Waals surface area contributed by atoms with Gasteiger partial charge >= 0.3 is 5.97 Å². The fourth-order valence-corrected chi connectivity index (χ4v) is 7.72. The Morgan fingerprint density at radius 2 is 1.75 bits per heavy atom. The third-order valence-corrected chi connectivity index (χ3v) is 10.7. The first-order chi connectivity index (χ1) is 23.3. The Kier molecular flexibility index (Phi) is 10.6. The van der Waals surface area contributed by atoms with Crippen molar-refractivity contribution < 1.29 is 24.2 Å². The van der Waals surface area contributed by atoms with Gasteiger partial charge in [-0.3, -0.25) is 9.59 Å². The maximum Gasteiger partial charge on any atom is 0.326 e. The topological polar surface area (TPSA) is 95.9 Å². The summed E-state index contributed by atoms with van der Waals surface area (Å²) in [5, 5.41) is 13.0. The molecule has 0 spiro atoms. The van der Waals surface area contributed by atoms with Gasteiger partial charge in [0.15, 0.2) is 0 Å². The lowest BCUT2D eigenvalue weighted by Gasteiger charge is -2.47. The number of rotatable bonds is 12. The van der Waals surface area contributed by atoms with Crippen LogP contribution in [-0.2, 0) is 25.5 Å². The van der Waals surface area contributed by atoms with Gasteiger partial charge in [0.2, 0.25) is 11.8 Å². The number of carbonyl (C=O) groups is 3. The maximum atomic E-state index is 14.0. The third-order valence-electron chi connectivity index (χ3n) is 10.7. The Labute approximate surface area is 284 Å². The summed E-state index contributed by atoms with van der Waals surface area (Å²) >= 11 is 0. The lowest BCUT2D eigenvalue weighted by molar-refractivity contribution is -0.146. The second kappa shape index (κ2) is 15.2. The zero-order valence-corrected chi connectivity index (χ0v) is 28.0. The van der Waals surface area contributed by atoms with Gasteiger partial charge < -0.3 is 20.1 Å². The number of likely N-dealkylation sites (tertiary alicyclic amines) is 1. The molecule has 2 amide bonds. The van der Waals surface area contributed by atoms with Crippen LogP contribution in [0.1, 0.15) is 81.8 Å². The van der Waals surface area contributed by atoms with Crippen LogP contribution in [-0.4, -0.2) is 53.0 Å². The van der Waals surface area contributed by atoms with E-state index in [0.717, 1.165) is 55.4 Å². The standard InChI is InChI=1S/C41H48N2O5/c1-41-22-20-35(48-23-21-29-10-4-2-5-11-29)26-34(41)28-43(38(44)25-30-12-8-9-13-30)37(27-41)39(45)42-36(40(46)47)24-31-16-18-33(19-17-31)32-14-6-3-7-15-32/h2-7,10-11,14-18,20,26,30,33,36-37H,8-9,12-13,19,21-25,27-28H2,1H3,(H,42,45)(H,46,47)/t33?,36-,37?,41?/m0/s1. The summed E-state index contributed by atoms with van der Waals surface area (Å²) in [4.78, 5) is 42.1. The number of hydrogen-bond donors (Lipinski definition) is 2. The smallest absolute Gasteiger partial charge is 0.326 e. The molecular weight excluding hydrogens is 600 g/mol. The van der Waals surface area contributed by atoms with Gasteiger partial charge in [-0.05, 0) is 77.9 Å². The van der Waals surface area contributed by atoms with Crippen molar-refractivity contribution in [2.45, 2.75) is 89.1 Å². The van der Waals surface area contributed by atoms with Crippen LogP contribution in [0.15, 0.2) is 108 Å². The second-order valence-corrected chi connectivity index (χ2v) is 14.2. The zero-order chi connectivity index (χ0) is 33.5. The largest absolute Gasteiger partial charge is 0.494 e. The van der Waals surface area contributed by atoms with E-state index in [4.69, 9.17) is 4.74 Å². The van der Waals surface area contributed by atoms with Crippen molar-refractivity contribution in [3.63, 3.8) is 0 Å². The summed E-state index contributed by atoms with van der Waals surface area (Å²) < 4.78 is 6.17. The Hall–Kier alpha value is -4.39. The molecule has 2 aromatic carbocycles. The average molecular weight is 649 g/mol. The van der Waals surface area contributed by atoms with Crippen molar-refractivity contribution in [1.82, 2.24) is 10.2 Å². The van der Waals surface area contributed by atoms with Crippen molar-refractivity contribution in [1.29, 1.82) is 0 Å². The highest BCUT2D eigenvalue weighted by atomic mass is 16.5. The minimum Gasteiger partial charge on any atom is -0.494 e. The highest BCUT2D eigenvalue weighted by Crippen LogP contribution is 2.46. The second-order valence-electron chi connectivity index (χ2n) is 14.2. The van der Waals surface area contributed by atoms with E-state index in [1.165, 1.54) is 11.1 Å². The van der Waals surface area contributed by atoms with E-state index in [-0.39, 0.29) is 29.6 Å². The number of ether oxygens (including phenoxy) is 1. The number of aliphatic carboxylic acids is 1. The summed E-state index contributed by atoms with van der Waals surface area (Å²) in [6.45, 7) is 3.04. The van der Waals surface area contributed by atoms with Crippen molar-refractivity contribution in [3.8, 4) is 0 Å². The summed E-state index contributed by atoms with van der Waals surface area (Å²) in [5.74, 6) is -0.104. The number of carboxylic acids is 1. The highest BCUT2D eigenvalue weighted by molar-refractivity contribution is 5.91. The fraction of sp³-hybridized carbons (Fsp3) is 0.439. The SMILES string of the molecule is CC12CC=C(OCCc3ccccc3)C=C1CN(C(=O)CC1CCCC1)C(C(=O)N[C@@H](CC1=CCC(c3ccccc3)C=C1)C(=O)O)C2. The van der Waals surface area contributed by atoms with Gasteiger partial charge in [0.25, 0.3) is 0 Å². The number of nitrogens with one attached hydrogen (secondary N) is 1. The molecule has 1 aliphatic heterocycles. The molecule has 4 aliphatic rings. The van der Waals surface area contributed by atoms with Gasteiger partial charge in [-0.25, -0.2) is 4.79 Å². The van der Waals surface area contributed by atoms with Crippen LogP contribution in [0.25, 0.3) is 0 Å².